The van der Waals surface area contributed by atoms with Gasteiger partial charge in [0.05, 0.1) is 18.1 Å². The number of hydrogen-bond donors (Lipinski definition) is 0. The van der Waals surface area contributed by atoms with Crippen molar-refractivity contribution in [2.75, 3.05) is 0 Å². The third-order valence-corrected chi connectivity index (χ3v) is 3.95. The van der Waals surface area contributed by atoms with Crippen molar-refractivity contribution < 1.29 is 0 Å². The number of fused-ring (bicyclic) bond motifs is 1. The van der Waals surface area contributed by atoms with E-state index in [4.69, 9.17) is 5.26 Å². The van der Waals surface area contributed by atoms with Crippen molar-refractivity contribution in [3.05, 3.63) is 23.3 Å². The van der Waals surface area contributed by atoms with Crippen LogP contribution in [-0.2, 0) is 0 Å². The quantitative estimate of drug-likeness (QED) is 0.618. The van der Waals surface area contributed by atoms with E-state index in [0.717, 1.165) is 12.8 Å². The first kappa shape index (κ1) is 11.0. The highest BCUT2D eigenvalue weighted by molar-refractivity contribution is 5.42. The van der Waals surface area contributed by atoms with Gasteiger partial charge in [0.25, 0.3) is 0 Å². The highest BCUT2D eigenvalue weighted by Crippen LogP contribution is 2.49. The molecule has 0 heterocycles. The molecule has 2 aliphatic carbocycles. The molecule has 0 radical (unpaired) electrons. The van der Waals surface area contributed by atoms with Crippen LogP contribution in [0.4, 0.5) is 0 Å². The minimum absolute atomic E-state index is 0.190. The minimum atomic E-state index is -0.218. The Balaban J connectivity index is 2.45. The van der Waals surface area contributed by atoms with Crippen LogP contribution in [0.15, 0.2) is 23.3 Å². The molecule has 1 saturated carbocycles. The molecule has 0 aromatic heterocycles. The first-order valence-electron chi connectivity index (χ1n) is 5.82. The van der Waals surface area contributed by atoms with Crippen LogP contribution in [0, 0.1) is 39.9 Å². The van der Waals surface area contributed by atoms with E-state index < -0.39 is 0 Å². The molecule has 0 saturated heterocycles. The average Bonchev–Trinajstić information content (AvgIpc) is 2.27. The van der Waals surface area contributed by atoms with Crippen LogP contribution in [0.2, 0.25) is 0 Å². The van der Waals surface area contributed by atoms with Crippen LogP contribution < -0.4 is 0 Å². The van der Waals surface area contributed by atoms with Gasteiger partial charge in [-0.15, -0.1) is 0 Å². The van der Waals surface area contributed by atoms with Gasteiger partial charge < -0.3 is 0 Å². The van der Waals surface area contributed by atoms with Gasteiger partial charge in [-0.05, 0) is 24.3 Å². The molecule has 0 unspecified atom stereocenters. The number of hydrogen-bond acceptors (Lipinski definition) is 2. The predicted molar refractivity (Wildman–Crippen MR) is 62.0 cm³/mol. The van der Waals surface area contributed by atoms with Gasteiger partial charge in [-0.25, -0.2) is 0 Å². The van der Waals surface area contributed by atoms with E-state index in [1.54, 1.807) is 0 Å². The molecule has 2 heteroatoms. The lowest BCUT2D eigenvalue weighted by Crippen LogP contribution is -2.32. The average molecular weight is 212 g/mol. The number of rotatable bonds is 0. The van der Waals surface area contributed by atoms with E-state index in [-0.39, 0.29) is 17.3 Å². The van der Waals surface area contributed by atoms with Crippen molar-refractivity contribution in [2.45, 2.75) is 33.1 Å². The van der Waals surface area contributed by atoms with Crippen LogP contribution >= 0.6 is 0 Å². The fourth-order valence-electron chi connectivity index (χ4n) is 3.03. The fraction of sp³-hybridized carbons (Fsp3) is 0.571. The Morgan fingerprint density at radius 1 is 1.31 bits per heavy atom. The standard InChI is InChI=1S/C14H16N2/c1-14(2)7-3-4-11-12(9-16)10(8-15)5-6-13(11)14/h5-6,11-12H,3-4,7H2,1-2H3/t11-,12+/m1/s1. The summed E-state index contributed by atoms with van der Waals surface area (Å²) in [5, 5.41) is 18.2. The third kappa shape index (κ3) is 1.55. The molecular weight excluding hydrogens is 196 g/mol. The summed E-state index contributed by atoms with van der Waals surface area (Å²) >= 11 is 0. The van der Waals surface area contributed by atoms with Gasteiger partial charge in [-0.3, -0.25) is 0 Å². The topological polar surface area (TPSA) is 47.6 Å². The second-order valence-corrected chi connectivity index (χ2v) is 5.35. The zero-order valence-electron chi connectivity index (χ0n) is 9.83. The van der Waals surface area contributed by atoms with Gasteiger partial charge in [0.1, 0.15) is 0 Å². The zero-order valence-corrected chi connectivity index (χ0v) is 9.83. The minimum Gasteiger partial charge on any atom is -0.198 e. The number of nitrogens with zero attached hydrogens (tertiary/aromatic N) is 2. The SMILES string of the molecule is CC1(C)CCC[C@H]2C1=CC=C(C#N)[C@@H]2C#N. The van der Waals surface area contributed by atoms with E-state index >= 15 is 0 Å². The molecule has 0 aromatic carbocycles. The van der Waals surface area contributed by atoms with Gasteiger partial charge in [0, 0.05) is 11.5 Å². The Labute approximate surface area is 96.9 Å². The molecule has 0 amide bonds. The lowest BCUT2D eigenvalue weighted by molar-refractivity contribution is 0.257. The summed E-state index contributed by atoms with van der Waals surface area (Å²) in [4.78, 5) is 0. The van der Waals surface area contributed by atoms with Crippen LogP contribution in [0.5, 0.6) is 0 Å². The van der Waals surface area contributed by atoms with Crippen molar-refractivity contribution in [3.63, 3.8) is 0 Å². The van der Waals surface area contributed by atoms with Crippen molar-refractivity contribution >= 4 is 0 Å². The molecule has 2 nitrogen and oxygen atoms in total. The summed E-state index contributed by atoms with van der Waals surface area (Å²) in [5.41, 5.74) is 2.19. The summed E-state index contributed by atoms with van der Waals surface area (Å²) in [7, 11) is 0. The lowest BCUT2D eigenvalue weighted by Gasteiger charge is -2.42. The van der Waals surface area contributed by atoms with Gasteiger partial charge in [0.15, 0.2) is 0 Å². The maximum Gasteiger partial charge on any atom is 0.0961 e. The molecule has 0 spiro atoms. The van der Waals surface area contributed by atoms with Crippen molar-refractivity contribution in [3.8, 4) is 12.1 Å². The van der Waals surface area contributed by atoms with Gasteiger partial charge >= 0.3 is 0 Å². The Morgan fingerprint density at radius 2 is 2.06 bits per heavy atom. The third-order valence-electron chi connectivity index (χ3n) is 3.95. The van der Waals surface area contributed by atoms with Gasteiger partial charge in [-0.1, -0.05) is 31.9 Å². The molecule has 0 N–H and O–H groups in total. The van der Waals surface area contributed by atoms with E-state index in [0.29, 0.717) is 5.57 Å². The maximum atomic E-state index is 9.23. The molecule has 1 fully saturated rings. The monoisotopic (exact) mass is 212 g/mol. The van der Waals surface area contributed by atoms with Crippen molar-refractivity contribution in [1.29, 1.82) is 10.5 Å². The summed E-state index contributed by atoms with van der Waals surface area (Å²) < 4.78 is 0. The smallest absolute Gasteiger partial charge is 0.0961 e. The molecule has 2 aliphatic rings. The first-order valence-corrected chi connectivity index (χ1v) is 5.82. The fourth-order valence-corrected chi connectivity index (χ4v) is 3.03. The Bertz CT molecular complexity index is 440. The molecule has 0 aromatic rings. The Kier molecular flexibility index (Phi) is 2.60. The van der Waals surface area contributed by atoms with Gasteiger partial charge in [0.2, 0.25) is 0 Å². The normalized spacial score (nSPS) is 31.5. The number of nitriles is 2. The molecule has 16 heavy (non-hydrogen) atoms. The van der Waals surface area contributed by atoms with Gasteiger partial charge in [-0.2, -0.15) is 10.5 Å². The Morgan fingerprint density at radius 3 is 2.69 bits per heavy atom. The largest absolute Gasteiger partial charge is 0.198 e. The molecule has 2 atom stereocenters. The molecule has 0 bridgehead atoms. The molecule has 82 valence electrons. The van der Waals surface area contributed by atoms with E-state index in [2.05, 4.69) is 32.1 Å². The summed E-state index contributed by atoms with van der Waals surface area (Å²) in [6.45, 7) is 4.48. The first-order chi connectivity index (χ1) is 7.60. The maximum absolute atomic E-state index is 9.23. The molecule has 0 aliphatic heterocycles. The highest BCUT2D eigenvalue weighted by Gasteiger charge is 2.40. The van der Waals surface area contributed by atoms with E-state index in [1.165, 1.54) is 12.0 Å². The summed E-state index contributed by atoms with van der Waals surface area (Å²) in [6.07, 6.45) is 7.31. The molecular formula is C14H16N2. The second kappa shape index (κ2) is 3.80. The Hall–Kier alpha value is -1.54. The number of allylic oxidation sites excluding steroid dienone is 4. The van der Waals surface area contributed by atoms with Crippen LogP contribution in [-0.4, -0.2) is 0 Å². The van der Waals surface area contributed by atoms with E-state index in [1.807, 2.05) is 6.08 Å². The molecule has 2 rings (SSSR count). The lowest BCUT2D eigenvalue weighted by atomic mass is 9.61. The van der Waals surface area contributed by atoms with Crippen LogP contribution in [0.1, 0.15) is 33.1 Å². The van der Waals surface area contributed by atoms with Crippen LogP contribution in [0.25, 0.3) is 0 Å². The summed E-state index contributed by atoms with van der Waals surface area (Å²) in [6, 6.07) is 4.47. The zero-order chi connectivity index (χ0) is 11.8. The summed E-state index contributed by atoms with van der Waals surface area (Å²) in [5.74, 6) is 0.0537. The second-order valence-electron chi connectivity index (χ2n) is 5.35. The van der Waals surface area contributed by atoms with Crippen molar-refractivity contribution in [1.82, 2.24) is 0 Å². The van der Waals surface area contributed by atoms with Crippen LogP contribution in [0.3, 0.4) is 0 Å². The predicted octanol–water partition coefficient (Wildman–Crippen LogP) is 3.34. The van der Waals surface area contributed by atoms with Crippen molar-refractivity contribution in [2.24, 2.45) is 17.3 Å². The highest BCUT2D eigenvalue weighted by atomic mass is 14.5. The van der Waals surface area contributed by atoms with E-state index in [9.17, 15) is 5.26 Å².